The predicted octanol–water partition coefficient (Wildman–Crippen LogP) is 3.10. The topological polar surface area (TPSA) is 32.3 Å². The van der Waals surface area contributed by atoms with E-state index in [0.29, 0.717) is 31.1 Å². The van der Waals surface area contributed by atoms with Gasteiger partial charge in [0.25, 0.3) is 0 Å². The second-order valence-corrected chi connectivity index (χ2v) is 5.66. The quantitative estimate of drug-likeness (QED) is 0.817. The molecule has 1 aromatic carbocycles. The van der Waals surface area contributed by atoms with Gasteiger partial charge in [-0.1, -0.05) is 25.1 Å². The summed E-state index contributed by atoms with van der Waals surface area (Å²) in [4.78, 5) is 14.3. The lowest BCUT2D eigenvalue weighted by atomic mass is 9.99. The second-order valence-electron chi connectivity index (χ2n) is 5.66. The van der Waals surface area contributed by atoms with E-state index < -0.39 is 0 Å². The van der Waals surface area contributed by atoms with Crippen molar-refractivity contribution >= 4 is 5.91 Å². The van der Waals surface area contributed by atoms with Crippen LogP contribution in [0.4, 0.5) is 4.39 Å². The van der Waals surface area contributed by atoms with Gasteiger partial charge < -0.3 is 10.2 Å². The molecule has 1 fully saturated rings. The first kappa shape index (κ1) is 16.0. The molecule has 1 atom stereocenters. The van der Waals surface area contributed by atoms with Gasteiger partial charge in [0.15, 0.2) is 0 Å². The summed E-state index contributed by atoms with van der Waals surface area (Å²) in [6, 6.07) is 7.15. The van der Waals surface area contributed by atoms with E-state index in [4.69, 9.17) is 0 Å². The molecule has 4 heteroatoms. The standard InChI is InChI=1S/C17H25FN2O/c1-2-15-8-5-6-12-20(15)17(21)10-11-19-13-14-7-3-4-9-16(14)18/h3-4,7,9,15,19H,2,5-6,8,10-13H2,1H3. The van der Waals surface area contributed by atoms with Gasteiger partial charge in [-0.05, 0) is 31.7 Å². The Balaban J connectivity index is 1.73. The normalized spacial score (nSPS) is 18.8. The minimum absolute atomic E-state index is 0.196. The SMILES string of the molecule is CCC1CCCCN1C(=O)CCNCc1ccccc1F. The number of amides is 1. The van der Waals surface area contributed by atoms with Crippen molar-refractivity contribution in [1.29, 1.82) is 0 Å². The van der Waals surface area contributed by atoms with E-state index in [2.05, 4.69) is 12.2 Å². The fourth-order valence-corrected chi connectivity index (χ4v) is 2.96. The van der Waals surface area contributed by atoms with E-state index in [0.717, 1.165) is 25.8 Å². The van der Waals surface area contributed by atoms with Crippen molar-refractivity contribution in [2.45, 2.75) is 51.6 Å². The summed E-state index contributed by atoms with van der Waals surface area (Å²) in [6.45, 7) is 4.11. The van der Waals surface area contributed by atoms with E-state index in [1.54, 1.807) is 12.1 Å². The Hall–Kier alpha value is -1.42. The number of halogens is 1. The molecule has 116 valence electrons. The van der Waals surface area contributed by atoms with Crippen molar-refractivity contribution in [3.8, 4) is 0 Å². The molecule has 2 rings (SSSR count). The van der Waals surface area contributed by atoms with E-state index in [-0.39, 0.29) is 11.7 Å². The zero-order chi connectivity index (χ0) is 15.1. The molecule has 1 unspecified atom stereocenters. The van der Waals surface area contributed by atoms with Crippen molar-refractivity contribution in [3.05, 3.63) is 35.6 Å². The molecule has 1 amide bonds. The molecule has 0 radical (unpaired) electrons. The molecule has 0 bridgehead atoms. The first-order chi connectivity index (χ1) is 10.2. The average Bonchev–Trinajstić information content (AvgIpc) is 2.52. The summed E-state index contributed by atoms with van der Waals surface area (Å²) in [5, 5.41) is 3.16. The number of piperidine rings is 1. The Kier molecular flexibility index (Phi) is 6.18. The van der Waals surface area contributed by atoms with Gasteiger partial charge in [-0.15, -0.1) is 0 Å². The molecule has 3 nitrogen and oxygen atoms in total. The molecule has 21 heavy (non-hydrogen) atoms. The molecule has 0 saturated carbocycles. The van der Waals surface area contributed by atoms with Crippen molar-refractivity contribution in [3.63, 3.8) is 0 Å². The fourth-order valence-electron chi connectivity index (χ4n) is 2.96. The molecule has 1 saturated heterocycles. The van der Waals surface area contributed by atoms with Crippen LogP contribution >= 0.6 is 0 Å². The van der Waals surface area contributed by atoms with Crippen LogP contribution in [0, 0.1) is 5.82 Å². The maximum atomic E-state index is 13.4. The number of hydrogen-bond donors (Lipinski definition) is 1. The third-order valence-corrected chi connectivity index (χ3v) is 4.21. The molecule has 1 N–H and O–H groups in total. The maximum absolute atomic E-state index is 13.4. The number of benzene rings is 1. The smallest absolute Gasteiger partial charge is 0.224 e. The minimum Gasteiger partial charge on any atom is -0.340 e. The molecule has 0 spiro atoms. The predicted molar refractivity (Wildman–Crippen MR) is 82.4 cm³/mol. The average molecular weight is 292 g/mol. The highest BCUT2D eigenvalue weighted by Gasteiger charge is 2.24. The third-order valence-electron chi connectivity index (χ3n) is 4.21. The zero-order valence-corrected chi connectivity index (χ0v) is 12.8. The number of nitrogens with zero attached hydrogens (tertiary/aromatic N) is 1. The highest BCUT2D eigenvalue weighted by atomic mass is 19.1. The van der Waals surface area contributed by atoms with Gasteiger partial charge in [-0.25, -0.2) is 4.39 Å². The Morgan fingerprint density at radius 2 is 2.19 bits per heavy atom. The number of nitrogens with one attached hydrogen (secondary N) is 1. The summed E-state index contributed by atoms with van der Waals surface area (Å²) in [7, 11) is 0. The highest BCUT2D eigenvalue weighted by molar-refractivity contribution is 5.76. The van der Waals surface area contributed by atoms with Crippen LogP contribution in [0.2, 0.25) is 0 Å². The summed E-state index contributed by atoms with van der Waals surface area (Å²) >= 11 is 0. The van der Waals surface area contributed by atoms with Crippen molar-refractivity contribution < 1.29 is 9.18 Å². The van der Waals surface area contributed by atoms with Crippen LogP contribution in [0.1, 0.15) is 44.6 Å². The molecule has 1 heterocycles. The fraction of sp³-hybridized carbons (Fsp3) is 0.588. The number of carbonyl (C=O) groups is 1. The summed E-state index contributed by atoms with van der Waals surface area (Å²) < 4.78 is 13.4. The Bertz CT molecular complexity index is 464. The number of rotatable bonds is 6. The van der Waals surface area contributed by atoms with E-state index in [1.807, 2.05) is 11.0 Å². The van der Waals surface area contributed by atoms with Crippen molar-refractivity contribution in [2.24, 2.45) is 0 Å². The van der Waals surface area contributed by atoms with Gasteiger partial charge >= 0.3 is 0 Å². The van der Waals surface area contributed by atoms with Gasteiger partial charge in [-0.3, -0.25) is 4.79 Å². The molecule has 1 aliphatic heterocycles. The number of likely N-dealkylation sites (tertiary alicyclic amines) is 1. The lowest BCUT2D eigenvalue weighted by Gasteiger charge is -2.35. The van der Waals surface area contributed by atoms with Gasteiger partial charge in [0.05, 0.1) is 0 Å². The minimum atomic E-state index is -0.196. The summed E-state index contributed by atoms with van der Waals surface area (Å²) in [5.74, 6) is 0.0287. The van der Waals surface area contributed by atoms with Crippen LogP contribution in [0.5, 0.6) is 0 Å². The Morgan fingerprint density at radius 1 is 1.38 bits per heavy atom. The van der Waals surface area contributed by atoms with Crippen LogP contribution in [-0.2, 0) is 11.3 Å². The van der Waals surface area contributed by atoms with Crippen molar-refractivity contribution in [2.75, 3.05) is 13.1 Å². The van der Waals surface area contributed by atoms with E-state index in [9.17, 15) is 9.18 Å². The first-order valence-corrected chi connectivity index (χ1v) is 7.96. The molecular formula is C17H25FN2O. The lowest BCUT2D eigenvalue weighted by molar-refractivity contribution is -0.134. The molecule has 0 aliphatic carbocycles. The van der Waals surface area contributed by atoms with Gasteiger partial charge in [-0.2, -0.15) is 0 Å². The summed E-state index contributed by atoms with van der Waals surface area (Å²) in [5.41, 5.74) is 0.648. The number of carbonyl (C=O) groups excluding carboxylic acids is 1. The van der Waals surface area contributed by atoms with Crippen LogP contribution in [0.15, 0.2) is 24.3 Å². The molecule has 1 aromatic rings. The maximum Gasteiger partial charge on any atom is 0.224 e. The van der Waals surface area contributed by atoms with Crippen LogP contribution < -0.4 is 5.32 Å². The molecule has 1 aliphatic rings. The Morgan fingerprint density at radius 3 is 2.95 bits per heavy atom. The van der Waals surface area contributed by atoms with Crippen molar-refractivity contribution in [1.82, 2.24) is 10.2 Å². The Labute approximate surface area is 126 Å². The monoisotopic (exact) mass is 292 g/mol. The van der Waals surface area contributed by atoms with Crippen LogP contribution in [0.3, 0.4) is 0 Å². The summed E-state index contributed by atoms with van der Waals surface area (Å²) in [6.07, 6.45) is 5.00. The van der Waals surface area contributed by atoms with E-state index >= 15 is 0 Å². The van der Waals surface area contributed by atoms with Crippen LogP contribution in [-0.4, -0.2) is 29.9 Å². The highest BCUT2D eigenvalue weighted by Crippen LogP contribution is 2.20. The zero-order valence-electron chi connectivity index (χ0n) is 12.8. The number of hydrogen-bond acceptors (Lipinski definition) is 2. The first-order valence-electron chi connectivity index (χ1n) is 7.96. The van der Waals surface area contributed by atoms with Crippen LogP contribution in [0.25, 0.3) is 0 Å². The largest absolute Gasteiger partial charge is 0.340 e. The van der Waals surface area contributed by atoms with Gasteiger partial charge in [0.1, 0.15) is 5.82 Å². The molecular weight excluding hydrogens is 267 g/mol. The third kappa shape index (κ3) is 4.53. The van der Waals surface area contributed by atoms with E-state index in [1.165, 1.54) is 12.5 Å². The lowest BCUT2D eigenvalue weighted by Crippen LogP contribution is -2.44. The van der Waals surface area contributed by atoms with Gasteiger partial charge in [0, 0.05) is 37.7 Å². The second kappa shape index (κ2) is 8.13. The molecule has 0 aromatic heterocycles. The van der Waals surface area contributed by atoms with Gasteiger partial charge in [0.2, 0.25) is 5.91 Å².